The predicted octanol–water partition coefficient (Wildman–Crippen LogP) is 3.22. The summed E-state index contributed by atoms with van der Waals surface area (Å²) in [6.07, 6.45) is 9.10. The van der Waals surface area contributed by atoms with Gasteiger partial charge in [-0.2, -0.15) is 0 Å². The Bertz CT molecular complexity index is 683. The number of hydrogen-bond donors (Lipinski definition) is 2. The van der Waals surface area contributed by atoms with Crippen molar-refractivity contribution in [2.75, 3.05) is 52.9 Å². The molecule has 1 aromatic rings. The molecule has 0 spiro atoms. The molecule has 2 N–H and O–H groups in total. The molecule has 2 saturated heterocycles. The van der Waals surface area contributed by atoms with Crippen molar-refractivity contribution in [3.63, 3.8) is 0 Å². The summed E-state index contributed by atoms with van der Waals surface area (Å²) in [6, 6.07) is 11.0. The molecule has 0 bridgehead atoms. The lowest BCUT2D eigenvalue weighted by molar-refractivity contribution is 0.0208. The van der Waals surface area contributed by atoms with Crippen LogP contribution in [0.25, 0.3) is 0 Å². The van der Waals surface area contributed by atoms with Crippen molar-refractivity contribution in [3.05, 3.63) is 35.9 Å². The van der Waals surface area contributed by atoms with Gasteiger partial charge in [-0.15, -0.1) is 0 Å². The van der Waals surface area contributed by atoms with E-state index in [0.29, 0.717) is 5.41 Å². The van der Waals surface area contributed by atoms with Crippen molar-refractivity contribution in [2.24, 2.45) is 4.99 Å². The molecule has 0 aromatic heterocycles. The first-order valence-electron chi connectivity index (χ1n) is 12.2. The van der Waals surface area contributed by atoms with E-state index in [2.05, 4.69) is 64.7 Å². The van der Waals surface area contributed by atoms with Crippen molar-refractivity contribution < 1.29 is 0 Å². The van der Waals surface area contributed by atoms with Crippen LogP contribution in [0.2, 0.25) is 0 Å². The van der Waals surface area contributed by atoms with E-state index in [1.54, 1.807) is 0 Å². The van der Waals surface area contributed by atoms with Crippen LogP contribution in [0.1, 0.15) is 57.4 Å². The van der Waals surface area contributed by atoms with Gasteiger partial charge in [-0.3, -0.25) is 9.89 Å². The minimum Gasteiger partial charge on any atom is -0.357 e. The number of guanidine groups is 1. The molecule has 5 nitrogen and oxygen atoms in total. The van der Waals surface area contributed by atoms with Gasteiger partial charge in [0.05, 0.1) is 6.54 Å². The van der Waals surface area contributed by atoms with Crippen molar-refractivity contribution >= 4 is 5.96 Å². The van der Waals surface area contributed by atoms with Gasteiger partial charge in [0.2, 0.25) is 0 Å². The van der Waals surface area contributed by atoms with E-state index < -0.39 is 0 Å². The van der Waals surface area contributed by atoms with Crippen molar-refractivity contribution in [3.8, 4) is 0 Å². The molecule has 2 heterocycles. The molecule has 30 heavy (non-hydrogen) atoms. The van der Waals surface area contributed by atoms with Gasteiger partial charge in [-0.1, -0.05) is 36.8 Å². The fourth-order valence-corrected chi connectivity index (χ4v) is 5.31. The Morgan fingerprint density at radius 2 is 1.63 bits per heavy atom. The number of nitrogens with zero attached hydrogens (tertiary/aromatic N) is 3. The predicted molar refractivity (Wildman–Crippen MR) is 126 cm³/mol. The molecule has 2 aliphatic heterocycles. The van der Waals surface area contributed by atoms with E-state index >= 15 is 0 Å². The zero-order valence-corrected chi connectivity index (χ0v) is 19.1. The summed E-state index contributed by atoms with van der Waals surface area (Å²) in [5.41, 5.74) is 2.01. The normalized spacial score (nSPS) is 24.4. The van der Waals surface area contributed by atoms with Crippen LogP contribution in [-0.2, 0) is 5.41 Å². The minimum atomic E-state index is 0.242. The number of nitrogens with one attached hydrogen (secondary N) is 2. The molecular formula is C25H41N5. The molecule has 1 aliphatic carbocycles. The van der Waals surface area contributed by atoms with Crippen LogP contribution >= 0.6 is 0 Å². The van der Waals surface area contributed by atoms with Gasteiger partial charge >= 0.3 is 0 Å². The molecule has 1 aromatic carbocycles. The van der Waals surface area contributed by atoms with Crippen LogP contribution in [0.15, 0.2) is 35.3 Å². The van der Waals surface area contributed by atoms with Gasteiger partial charge in [-0.05, 0) is 84.2 Å². The Morgan fingerprint density at radius 3 is 2.27 bits per heavy atom. The first-order chi connectivity index (χ1) is 14.7. The quantitative estimate of drug-likeness (QED) is 0.534. The number of likely N-dealkylation sites (tertiary alicyclic amines) is 2. The highest BCUT2D eigenvalue weighted by Crippen LogP contribution is 2.47. The summed E-state index contributed by atoms with van der Waals surface area (Å²) < 4.78 is 0. The van der Waals surface area contributed by atoms with Crippen LogP contribution < -0.4 is 10.6 Å². The lowest BCUT2D eigenvalue weighted by Gasteiger charge is -2.49. The molecule has 3 fully saturated rings. The van der Waals surface area contributed by atoms with E-state index in [4.69, 9.17) is 4.99 Å². The summed E-state index contributed by atoms with van der Waals surface area (Å²) >= 11 is 0. The third kappa shape index (κ3) is 5.00. The number of aliphatic imine (C=N–C) groups is 1. The lowest BCUT2D eigenvalue weighted by atomic mass is 9.84. The number of benzene rings is 1. The second kappa shape index (κ2) is 9.69. The molecule has 3 aliphatic rings. The van der Waals surface area contributed by atoms with E-state index in [1.807, 2.05) is 0 Å². The average Bonchev–Trinajstić information content (AvgIpc) is 3.59. The number of rotatable bonds is 7. The summed E-state index contributed by atoms with van der Waals surface area (Å²) in [5, 5.41) is 7.21. The Balaban J connectivity index is 1.43. The summed E-state index contributed by atoms with van der Waals surface area (Å²) in [5.74, 6) is 0.995. The lowest BCUT2D eigenvalue weighted by Crippen LogP contribution is -2.58. The van der Waals surface area contributed by atoms with Crippen LogP contribution in [0.5, 0.6) is 0 Å². The highest BCUT2D eigenvalue weighted by atomic mass is 15.3. The maximum atomic E-state index is 5.17. The number of piperidine rings is 2. The van der Waals surface area contributed by atoms with Gasteiger partial charge in [0, 0.05) is 24.0 Å². The van der Waals surface area contributed by atoms with Crippen LogP contribution in [0.4, 0.5) is 0 Å². The smallest absolute Gasteiger partial charge is 0.191 e. The van der Waals surface area contributed by atoms with E-state index in [1.165, 1.54) is 76.7 Å². The maximum absolute atomic E-state index is 5.17. The first-order valence-corrected chi connectivity index (χ1v) is 12.2. The monoisotopic (exact) mass is 411 g/mol. The Labute approximate surface area is 183 Å². The third-order valence-corrected chi connectivity index (χ3v) is 7.65. The number of hydrogen-bond acceptors (Lipinski definition) is 3. The molecule has 0 radical (unpaired) electrons. The molecule has 0 amide bonds. The summed E-state index contributed by atoms with van der Waals surface area (Å²) in [4.78, 5) is 10.4. The summed E-state index contributed by atoms with van der Waals surface area (Å²) in [6.45, 7) is 9.83. The zero-order valence-electron chi connectivity index (χ0n) is 19.1. The fraction of sp³-hybridized carbons (Fsp3) is 0.720. The standard InChI is InChI=1S/C25H41N5/c1-3-26-23(27-20-24(12-13-24)22-10-6-4-7-11-22)28-21-25(14-18-29(2)19-15-25)30-16-8-5-9-17-30/h4,6-7,10-11H,3,5,8-9,12-21H2,1-2H3,(H2,26,27,28). The SMILES string of the molecule is CCNC(=NCC1(N2CCCCC2)CCN(C)CC1)NCC1(c2ccccc2)CC1. The molecule has 4 rings (SSSR count). The summed E-state index contributed by atoms with van der Waals surface area (Å²) in [7, 11) is 2.26. The molecule has 0 unspecified atom stereocenters. The fourth-order valence-electron chi connectivity index (χ4n) is 5.31. The second-order valence-corrected chi connectivity index (χ2v) is 9.77. The molecule has 5 heteroatoms. The highest BCUT2D eigenvalue weighted by molar-refractivity contribution is 5.80. The van der Waals surface area contributed by atoms with Gasteiger partial charge in [0.25, 0.3) is 0 Å². The Hall–Kier alpha value is -1.59. The minimum absolute atomic E-state index is 0.242. The van der Waals surface area contributed by atoms with Crippen LogP contribution in [0.3, 0.4) is 0 Å². The van der Waals surface area contributed by atoms with Crippen molar-refractivity contribution in [1.82, 2.24) is 20.4 Å². The molecule has 0 atom stereocenters. The van der Waals surface area contributed by atoms with Gasteiger partial charge in [0.1, 0.15) is 0 Å². The zero-order chi connectivity index (χ0) is 20.9. The maximum Gasteiger partial charge on any atom is 0.191 e. The Kier molecular flexibility index (Phi) is 6.99. The topological polar surface area (TPSA) is 42.9 Å². The molecule has 1 saturated carbocycles. The van der Waals surface area contributed by atoms with Gasteiger partial charge in [0.15, 0.2) is 5.96 Å². The highest BCUT2D eigenvalue weighted by Gasteiger charge is 2.44. The van der Waals surface area contributed by atoms with E-state index in [0.717, 1.165) is 25.6 Å². The van der Waals surface area contributed by atoms with Crippen LogP contribution in [0, 0.1) is 0 Å². The average molecular weight is 412 g/mol. The first kappa shape index (κ1) is 21.6. The second-order valence-electron chi connectivity index (χ2n) is 9.77. The molecular weight excluding hydrogens is 370 g/mol. The van der Waals surface area contributed by atoms with E-state index in [9.17, 15) is 0 Å². The molecule has 166 valence electrons. The van der Waals surface area contributed by atoms with Gasteiger partial charge in [-0.25, -0.2) is 0 Å². The van der Waals surface area contributed by atoms with E-state index in [-0.39, 0.29) is 5.54 Å². The van der Waals surface area contributed by atoms with Crippen LogP contribution in [-0.4, -0.2) is 74.2 Å². The third-order valence-electron chi connectivity index (χ3n) is 7.65. The van der Waals surface area contributed by atoms with Crippen molar-refractivity contribution in [1.29, 1.82) is 0 Å². The Morgan fingerprint density at radius 1 is 0.933 bits per heavy atom. The van der Waals surface area contributed by atoms with Crippen molar-refractivity contribution in [2.45, 2.75) is 62.8 Å². The van der Waals surface area contributed by atoms with Gasteiger partial charge < -0.3 is 15.5 Å². The largest absolute Gasteiger partial charge is 0.357 e.